The summed E-state index contributed by atoms with van der Waals surface area (Å²) < 4.78 is 13.6. The fourth-order valence-electron chi connectivity index (χ4n) is 1.32. The lowest BCUT2D eigenvalue weighted by Gasteiger charge is -2.01. The van der Waals surface area contributed by atoms with E-state index in [9.17, 15) is 9.18 Å². The molecule has 0 amide bonds. The quantitative estimate of drug-likeness (QED) is 0.891. The van der Waals surface area contributed by atoms with Gasteiger partial charge in [-0.25, -0.2) is 9.18 Å². The van der Waals surface area contributed by atoms with Gasteiger partial charge in [0.05, 0.1) is 16.4 Å². The van der Waals surface area contributed by atoms with Crippen molar-refractivity contribution in [1.82, 2.24) is 10.2 Å². The highest BCUT2D eigenvalue weighted by atomic mass is 79.9. The van der Waals surface area contributed by atoms with Gasteiger partial charge >= 0.3 is 5.97 Å². The van der Waals surface area contributed by atoms with E-state index in [-0.39, 0.29) is 5.56 Å². The number of carbonyl (C=O) groups is 1. The summed E-state index contributed by atoms with van der Waals surface area (Å²) in [5.74, 6) is -1.56. The van der Waals surface area contributed by atoms with Gasteiger partial charge < -0.3 is 5.11 Å². The van der Waals surface area contributed by atoms with Crippen LogP contribution in [0.15, 0.2) is 28.9 Å². The number of aromatic carboxylic acids is 1. The van der Waals surface area contributed by atoms with Crippen LogP contribution in [0.4, 0.5) is 4.39 Å². The first kappa shape index (κ1) is 10.8. The third kappa shape index (κ3) is 1.83. The fraction of sp³-hybridized carbons (Fsp3) is 0. The topological polar surface area (TPSA) is 66.0 Å². The molecule has 0 saturated carbocycles. The minimum atomic E-state index is -1.10. The summed E-state index contributed by atoms with van der Waals surface area (Å²) in [6, 6.07) is 4.36. The Bertz CT molecular complexity index is 554. The number of carboxylic acids is 1. The van der Waals surface area contributed by atoms with Crippen LogP contribution in [0.1, 0.15) is 10.4 Å². The van der Waals surface area contributed by atoms with Crippen molar-refractivity contribution in [2.45, 2.75) is 0 Å². The maximum absolute atomic E-state index is 13.3. The van der Waals surface area contributed by atoms with E-state index in [1.54, 1.807) is 6.07 Å². The van der Waals surface area contributed by atoms with E-state index in [1.165, 1.54) is 18.3 Å². The number of halogens is 2. The summed E-state index contributed by atoms with van der Waals surface area (Å²) in [5.41, 5.74) is 0.747. The van der Waals surface area contributed by atoms with Gasteiger partial charge in [0.2, 0.25) is 0 Å². The highest BCUT2D eigenvalue weighted by Gasteiger charge is 2.14. The SMILES string of the molecule is O=C(O)c1cn[nH]c1-c1ccc(Br)c(F)c1. The van der Waals surface area contributed by atoms with Gasteiger partial charge in [0, 0.05) is 5.56 Å². The zero-order valence-electron chi connectivity index (χ0n) is 7.87. The second kappa shape index (κ2) is 4.05. The van der Waals surface area contributed by atoms with Crippen LogP contribution in [-0.2, 0) is 0 Å². The molecule has 4 nitrogen and oxygen atoms in total. The van der Waals surface area contributed by atoms with Gasteiger partial charge in [0.1, 0.15) is 11.4 Å². The first-order valence-corrected chi connectivity index (χ1v) is 5.11. The molecule has 16 heavy (non-hydrogen) atoms. The molecular weight excluding hydrogens is 279 g/mol. The van der Waals surface area contributed by atoms with Gasteiger partial charge in [-0.1, -0.05) is 6.07 Å². The average Bonchev–Trinajstić information content (AvgIpc) is 2.71. The van der Waals surface area contributed by atoms with E-state index in [4.69, 9.17) is 5.11 Å². The van der Waals surface area contributed by atoms with Crippen molar-refractivity contribution in [2.75, 3.05) is 0 Å². The van der Waals surface area contributed by atoms with Gasteiger partial charge in [-0.3, -0.25) is 5.10 Å². The van der Waals surface area contributed by atoms with E-state index >= 15 is 0 Å². The largest absolute Gasteiger partial charge is 0.478 e. The molecule has 2 N–H and O–H groups in total. The van der Waals surface area contributed by atoms with Gasteiger partial charge in [0.15, 0.2) is 0 Å². The average molecular weight is 285 g/mol. The molecule has 2 aromatic rings. The second-order valence-electron chi connectivity index (χ2n) is 3.09. The molecule has 0 aliphatic rings. The van der Waals surface area contributed by atoms with Crippen LogP contribution in [0, 0.1) is 5.82 Å². The Kier molecular flexibility index (Phi) is 2.74. The Morgan fingerprint density at radius 3 is 2.88 bits per heavy atom. The van der Waals surface area contributed by atoms with E-state index in [1.807, 2.05) is 0 Å². The van der Waals surface area contributed by atoms with Gasteiger partial charge in [-0.15, -0.1) is 0 Å². The monoisotopic (exact) mass is 284 g/mol. The van der Waals surface area contributed by atoms with Gasteiger partial charge in [0.25, 0.3) is 0 Å². The van der Waals surface area contributed by atoms with Crippen molar-refractivity contribution in [3.05, 3.63) is 40.2 Å². The third-order valence-electron chi connectivity index (χ3n) is 2.08. The molecule has 0 fully saturated rings. The van der Waals surface area contributed by atoms with Crippen molar-refractivity contribution in [3.63, 3.8) is 0 Å². The summed E-state index contributed by atoms with van der Waals surface area (Å²) in [7, 11) is 0. The standard InChI is InChI=1S/C10H6BrFN2O2/c11-7-2-1-5(3-8(7)12)9-6(10(15)16)4-13-14-9/h1-4H,(H,13,14)(H,15,16). The van der Waals surface area contributed by atoms with Crippen molar-refractivity contribution in [2.24, 2.45) is 0 Å². The molecule has 0 saturated heterocycles. The Balaban J connectivity index is 2.54. The molecular formula is C10H6BrFN2O2. The second-order valence-corrected chi connectivity index (χ2v) is 3.95. The number of rotatable bonds is 2. The van der Waals surface area contributed by atoms with Crippen molar-refractivity contribution < 1.29 is 14.3 Å². The smallest absolute Gasteiger partial charge is 0.339 e. The first-order chi connectivity index (χ1) is 7.59. The summed E-state index contributed by atoms with van der Waals surface area (Å²) >= 11 is 3.02. The van der Waals surface area contributed by atoms with Crippen LogP contribution in [0.5, 0.6) is 0 Å². The Labute approximate surface area is 98.2 Å². The van der Waals surface area contributed by atoms with Gasteiger partial charge in [-0.05, 0) is 28.1 Å². The van der Waals surface area contributed by atoms with E-state index in [2.05, 4.69) is 26.1 Å². The van der Waals surface area contributed by atoms with Crippen LogP contribution < -0.4 is 0 Å². The lowest BCUT2D eigenvalue weighted by atomic mass is 10.1. The molecule has 0 radical (unpaired) electrons. The normalized spacial score (nSPS) is 10.4. The summed E-state index contributed by atoms with van der Waals surface area (Å²) in [6.07, 6.45) is 1.19. The molecule has 0 unspecified atom stereocenters. The first-order valence-electron chi connectivity index (χ1n) is 4.31. The van der Waals surface area contributed by atoms with Crippen LogP contribution in [-0.4, -0.2) is 21.3 Å². The zero-order chi connectivity index (χ0) is 11.7. The molecule has 82 valence electrons. The molecule has 0 atom stereocenters. The molecule has 0 aliphatic heterocycles. The number of hydrogen-bond acceptors (Lipinski definition) is 2. The number of aromatic nitrogens is 2. The van der Waals surface area contributed by atoms with E-state index < -0.39 is 11.8 Å². The summed E-state index contributed by atoms with van der Waals surface area (Å²) in [5, 5.41) is 15.0. The molecule has 1 heterocycles. The summed E-state index contributed by atoms with van der Waals surface area (Å²) in [4.78, 5) is 10.8. The number of carboxylic acid groups (broad SMARTS) is 1. The minimum absolute atomic E-state index is 0.0155. The molecule has 1 aromatic carbocycles. The maximum atomic E-state index is 13.3. The minimum Gasteiger partial charge on any atom is -0.478 e. The van der Waals surface area contributed by atoms with E-state index in [0.29, 0.717) is 15.7 Å². The number of hydrogen-bond donors (Lipinski definition) is 2. The number of aromatic amines is 1. The van der Waals surface area contributed by atoms with Crippen molar-refractivity contribution >= 4 is 21.9 Å². The highest BCUT2D eigenvalue weighted by Crippen LogP contribution is 2.25. The molecule has 0 bridgehead atoms. The highest BCUT2D eigenvalue weighted by molar-refractivity contribution is 9.10. The molecule has 6 heteroatoms. The predicted octanol–water partition coefficient (Wildman–Crippen LogP) is 2.68. The number of H-pyrrole nitrogens is 1. The Hall–Kier alpha value is -1.69. The predicted molar refractivity (Wildman–Crippen MR) is 58.6 cm³/mol. The molecule has 2 rings (SSSR count). The van der Waals surface area contributed by atoms with Crippen LogP contribution in [0.2, 0.25) is 0 Å². The fourth-order valence-corrected chi connectivity index (χ4v) is 1.57. The lowest BCUT2D eigenvalue weighted by Crippen LogP contribution is -1.97. The third-order valence-corrected chi connectivity index (χ3v) is 2.72. The molecule has 0 aliphatic carbocycles. The number of benzene rings is 1. The van der Waals surface area contributed by atoms with Crippen LogP contribution in [0.25, 0.3) is 11.3 Å². The maximum Gasteiger partial charge on any atom is 0.339 e. The Morgan fingerprint density at radius 1 is 1.50 bits per heavy atom. The van der Waals surface area contributed by atoms with Crippen LogP contribution in [0.3, 0.4) is 0 Å². The van der Waals surface area contributed by atoms with E-state index in [0.717, 1.165) is 0 Å². The van der Waals surface area contributed by atoms with Crippen molar-refractivity contribution in [3.8, 4) is 11.3 Å². The summed E-state index contributed by atoms with van der Waals surface area (Å²) in [6.45, 7) is 0. The number of nitrogens with zero attached hydrogens (tertiary/aromatic N) is 1. The van der Waals surface area contributed by atoms with Gasteiger partial charge in [-0.2, -0.15) is 5.10 Å². The zero-order valence-corrected chi connectivity index (χ0v) is 9.45. The van der Waals surface area contributed by atoms with Crippen molar-refractivity contribution in [1.29, 1.82) is 0 Å². The molecule has 0 spiro atoms. The Morgan fingerprint density at radius 2 is 2.25 bits per heavy atom. The molecule has 1 aromatic heterocycles. The lowest BCUT2D eigenvalue weighted by molar-refractivity contribution is 0.0698. The number of nitrogens with one attached hydrogen (secondary N) is 1. The van der Waals surface area contributed by atoms with Crippen LogP contribution >= 0.6 is 15.9 Å².